The summed E-state index contributed by atoms with van der Waals surface area (Å²) in [5.74, 6) is 0.00434. The lowest BCUT2D eigenvalue weighted by molar-refractivity contribution is -0.137. The normalized spacial score (nSPS) is 11.5. The first-order valence-electron chi connectivity index (χ1n) is 10.6. The summed E-state index contributed by atoms with van der Waals surface area (Å²) in [7, 11) is -4.05. The minimum atomic E-state index is -4.54. The third kappa shape index (κ3) is 7.21. The number of alkyl halides is 3. The summed E-state index contributed by atoms with van der Waals surface area (Å²) in [6.45, 7) is 7.28. The maximum Gasteiger partial charge on any atom is 0.416 e. The number of para-hydroxylation sites is 1. The number of hydrogen-bond acceptors (Lipinski definition) is 6. The summed E-state index contributed by atoms with van der Waals surface area (Å²) in [6, 6.07) is 16.5. The molecule has 192 valence electrons. The fraction of sp³-hybridized carbons (Fsp3) is 0.0400. The van der Waals surface area contributed by atoms with Crippen LogP contribution in [0, 0.1) is 4.91 Å². The van der Waals surface area contributed by atoms with E-state index in [1.54, 1.807) is 30.3 Å². The standard InChI is InChI=1S/C25H22F3N5O3S/c1-3-4-15-33(32-34)24-14-13-22(37(35,36)31-20-10-6-5-7-11-20)17-23(24)30-18(2)29-21-12-8-9-19(16-21)25(26,27)28/h3-17,29-31H,1-2H2/b15-4-. The van der Waals surface area contributed by atoms with Gasteiger partial charge >= 0.3 is 6.18 Å². The van der Waals surface area contributed by atoms with Gasteiger partial charge in [-0.25, -0.2) is 13.4 Å². The second kappa shape index (κ2) is 11.4. The van der Waals surface area contributed by atoms with Crippen LogP contribution in [-0.2, 0) is 16.2 Å². The van der Waals surface area contributed by atoms with Crippen molar-refractivity contribution in [1.82, 2.24) is 0 Å². The van der Waals surface area contributed by atoms with Crippen LogP contribution < -0.4 is 20.4 Å². The van der Waals surface area contributed by atoms with Gasteiger partial charge in [0.2, 0.25) is 0 Å². The van der Waals surface area contributed by atoms with Crippen LogP contribution in [0.4, 0.5) is 35.9 Å². The summed E-state index contributed by atoms with van der Waals surface area (Å²) in [5, 5.41) is 9.34. The molecule has 0 spiro atoms. The second-order valence-corrected chi connectivity index (χ2v) is 9.14. The van der Waals surface area contributed by atoms with Crippen LogP contribution in [0.1, 0.15) is 5.56 Å². The molecule has 3 N–H and O–H groups in total. The molecular weight excluding hydrogens is 507 g/mol. The van der Waals surface area contributed by atoms with Crippen molar-refractivity contribution in [2.45, 2.75) is 11.1 Å². The quantitative estimate of drug-likeness (QED) is 0.145. The molecule has 12 heteroatoms. The highest BCUT2D eigenvalue weighted by Crippen LogP contribution is 2.33. The molecule has 0 aliphatic heterocycles. The minimum Gasteiger partial charge on any atom is -0.342 e. The zero-order chi connectivity index (χ0) is 27.1. The first-order valence-corrected chi connectivity index (χ1v) is 12.1. The smallest absolute Gasteiger partial charge is 0.342 e. The predicted octanol–water partition coefficient (Wildman–Crippen LogP) is 6.69. The number of halogens is 3. The minimum absolute atomic E-state index is 0.00434. The molecule has 37 heavy (non-hydrogen) atoms. The van der Waals surface area contributed by atoms with Gasteiger partial charge in [0.15, 0.2) is 0 Å². The zero-order valence-electron chi connectivity index (χ0n) is 19.2. The van der Waals surface area contributed by atoms with Gasteiger partial charge in [0.1, 0.15) is 5.82 Å². The zero-order valence-corrected chi connectivity index (χ0v) is 20.1. The lowest BCUT2D eigenvalue weighted by Gasteiger charge is -2.20. The van der Waals surface area contributed by atoms with E-state index in [2.05, 4.69) is 33.8 Å². The predicted molar refractivity (Wildman–Crippen MR) is 139 cm³/mol. The highest BCUT2D eigenvalue weighted by Gasteiger charge is 2.30. The van der Waals surface area contributed by atoms with E-state index in [-0.39, 0.29) is 27.8 Å². The van der Waals surface area contributed by atoms with Crippen LogP contribution in [0.25, 0.3) is 0 Å². The SMILES string of the molecule is C=C/C=C\N(N=O)c1ccc(S(=O)(=O)Nc2ccccc2)cc1NC(=C)Nc1cccc(C(F)(F)F)c1. The Hall–Kier alpha value is -4.58. The number of sulfonamides is 1. The highest BCUT2D eigenvalue weighted by molar-refractivity contribution is 7.92. The van der Waals surface area contributed by atoms with Crippen molar-refractivity contribution >= 4 is 32.8 Å². The fourth-order valence-corrected chi connectivity index (χ4v) is 4.22. The van der Waals surface area contributed by atoms with Crippen LogP contribution >= 0.6 is 0 Å². The number of rotatable bonds is 11. The van der Waals surface area contributed by atoms with Crippen molar-refractivity contribution < 1.29 is 21.6 Å². The second-order valence-electron chi connectivity index (χ2n) is 7.46. The molecule has 0 saturated heterocycles. The maximum atomic E-state index is 13.1. The molecule has 0 aromatic heterocycles. The maximum absolute atomic E-state index is 13.1. The van der Waals surface area contributed by atoms with E-state index in [0.717, 1.165) is 17.1 Å². The number of nitrogens with one attached hydrogen (secondary N) is 3. The molecule has 0 heterocycles. The number of nitrogens with zero attached hydrogens (tertiary/aromatic N) is 2. The number of anilines is 4. The molecule has 3 rings (SSSR count). The van der Waals surface area contributed by atoms with Gasteiger partial charge in [-0.1, -0.05) is 43.5 Å². The fourth-order valence-electron chi connectivity index (χ4n) is 3.14. The van der Waals surface area contributed by atoms with Gasteiger partial charge < -0.3 is 10.6 Å². The number of hydrogen-bond donors (Lipinski definition) is 3. The number of nitroso groups, excluding NO2 is 1. The van der Waals surface area contributed by atoms with Gasteiger partial charge in [-0.3, -0.25) is 4.72 Å². The molecule has 0 amide bonds. The Balaban J connectivity index is 1.96. The lowest BCUT2D eigenvalue weighted by Crippen LogP contribution is -2.16. The van der Waals surface area contributed by atoms with E-state index in [1.165, 1.54) is 48.7 Å². The van der Waals surface area contributed by atoms with Gasteiger partial charge in [0.05, 0.1) is 27.1 Å². The van der Waals surface area contributed by atoms with E-state index < -0.39 is 21.8 Å². The molecule has 0 unspecified atom stereocenters. The third-order valence-electron chi connectivity index (χ3n) is 4.77. The summed E-state index contributed by atoms with van der Waals surface area (Å²) in [5.41, 5.74) is -0.230. The van der Waals surface area contributed by atoms with Crippen LogP contribution in [0.5, 0.6) is 0 Å². The van der Waals surface area contributed by atoms with Gasteiger partial charge in [-0.05, 0) is 54.6 Å². The Bertz CT molecular complexity index is 1420. The summed E-state index contributed by atoms with van der Waals surface area (Å²) >= 11 is 0. The molecule has 3 aromatic rings. The molecule has 0 fully saturated rings. The molecule has 0 aliphatic carbocycles. The summed E-state index contributed by atoms with van der Waals surface area (Å²) in [4.78, 5) is 11.3. The molecule has 0 atom stereocenters. The molecule has 3 aromatic carbocycles. The van der Waals surface area contributed by atoms with Crippen molar-refractivity contribution in [2.24, 2.45) is 5.29 Å². The average molecular weight is 530 g/mol. The Morgan fingerprint density at radius 1 is 0.946 bits per heavy atom. The van der Waals surface area contributed by atoms with Gasteiger partial charge in [0, 0.05) is 17.6 Å². The molecule has 0 aliphatic rings. The lowest BCUT2D eigenvalue weighted by atomic mass is 10.2. The number of allylic oxidation sites excluding steroid dienone is 2. The van der Waals surface area contributed by atoms with E-state index in [9.17, 15) is 26.5 Å². The van der Waals surface area contributed by atoms with Crippen molar-refractivity contribution in [3.63, 3.8) is 0 Å². The first kappa shape index (κ1) is 27.0. The highest BCUT2D eigenvalue weighted by atomic mass is 32.2. The topological polar surface area (TPSA) is 103 Å². The summed E-state index contributed by atoms with van der Waals surface area (Å²) < 4.78 is 67.6. The van der Waals surface area contributed by atoms with E-state index in [0.29, 0.717) is 5.69 Å². The Labute approximate surface area is 211 Å². The van der Waals surface area contributed by atoms with E-state index in [4.69, 9.17) is 0 Å². The largest absolute Gasteiger partial charge is 0.416 e. The Kier molecular flexibility index (Phi) is 8.35. The average Bonchev–Trinajstić information content (AvgIpc) is 2.85. The van der Waals surface area contributed by atoms with Gasteiger partial charge in [-0.15, -0.1) is 4.91 Å². The molecule has 0 saturated carbocycles. The van der Waals surface area contributed by atoms with Gasteiger partial charge in [0.25, 0.3) is 10.0 Å². The molecule has 8 nitrogen and oxygen atoms in total. The molecule has 0 bridgehead atoms. The van der Waals surface area contributed by atoms with Crippen molar-refractivity contribution in [2.75, 3.05) is 20.4 Å². The van der Waals surface area contributed by atoms with Crippen LogP contribution in [0.2, 0.25) is 0 Å². The first-order chi connectivity index (χ1) is 17.5. The third-order valence-corrected chi connectivity index (χ3v) is 6.15. The van der Waals surface area contributed by atoms with E-state index >= 15 is 0 Å². The van der Waals surface area contributed by atoms with Crippen molar-refractivity contribution in [3.05, 3.63) is 121 Å². The van der Waals surface area contributed by atoms with Crippen LogP contribution in [0.3, 0.4) is 0 Å². The Morgan fingerprint density at radius 2 is 1.65 bits per heavy atom. The van der Waals surface area contributed by atoms with Crippen LogP contribution in [0.15, 0.2) is 120 Å². The van der Waals surface area contributed by atoms with Crippen molar-refractivity contribution in [3.8, 4) is 0 Å². The summed E-state index contributed by atoms with van der Waals surface area (Å²) in [6.07, 6.45) is -0.411. The molecule has 0 radical (unpaired) electrons. The molecular formula is C25H22F3N5O3S. The monoisotopic (exact) mass is 529 g/mol. The van der Waals surface area contributed by atoms with Crippen LogP contribution in [-0.4, -0.2) is 8.42 Å². The van der Waals surface area contributed by atoms with Crippen molar-refractivity contribution in [1.29, 1.82) is 0 Å². The van der Waals surface area contributed by atoms with Gasteiger partial charge in [-0.2, -0.15) is 13.2 Å². The van der Waals surface area contributed by atoms with E-state index in [1.807, 2.05) is 0 Å². The Morgan fingerprint density at radius 3 is 2.30 bits per heavy atom. The number of benzene rings is 3.